The average Bonchev–Trinajstić information content (AvgIpc) is 2.35. The number of carboxylic acids is 1. The van der Waals surface area contributed by atoms with Crippen molar-refractivity contribution in [1.82, 2.24) is 0 Å². The first-order chi connectivity index (χ1) is 8.42. The van der Waals surface area contributed by atoms with Crippen LogP contribution in [0.3, 0.4) is 0 Å². The molecule has 0 aliphatic carbocycles. The van der Waals surface area contributed by atoms with Gasteiger partial charge < -0.3 is 14.9 Å². The molecule has 18 heavy (non-hydrogen) atoms. The van der Waals surface area contributed by atoms with Gasteiger partial charge in [0.25, 0.3) is 5.69 Å². The van der Waals surface area contributed by atoms with E-state index in [1.54, 1.807) is 0 Å². The molecule has 1 rings (SSSR count). The summed E-state index contributed by atoms with van der Waals surface area (Å²) in [7, 11) is 1.19. The molecule has 0 spiro atoms. The molecule has 0 radical (unpaired) electrons. The molecular weight excluding hydrogens is 246 g/mol. The maximum Gasteiger partial charge on any atom is 0.337 e. The number of nitro groups is 1. The third kappa shape index (κ3) is 2.43. The minimum absolute atomic E-state index is 0.113. The molecule has 96 valence electrons. The van der Waals surface area contributed by atoms with Crippen LogP contribution in [0.4, 0.5) is 5.69 Å². The zero-order valence-corrected chi connectivity index (χ0v) is 9.19. The lowest BCUT2D eigenvalue weighted by Gasteiger charge is -2.11. The number of carboxylic acid groups (broad SMARTS) is 1. The fourth-order valence-electron chi connectivity index (χ4n) is 1.38. The number of aldehydes is 1. The predicted molar refractivity (Wildman–Crippen MR) is 57.6 cm³/mol. The Morgan fingerprint density at radius 1 is 1.56 bits per heavy atom. The van der Waals surface area contributed by atoms with Crippen molar-refractivity contribution in [1.29, 1.82) is 0 Å². The molecule has 0 aliphatic heterocycles. The molecule has 8 nitrogen and oxygen atoms in total. The van der Waals surface area contributed by atoms with Crippen LogP contribution in [0.1, 0.15) is 22.0 Å². The number of carbonyl (C=O) groups excluding carboxylic acids is 1. The van der Waals surface area contributed by atoms with Crippen LogP contribution in [0, 0.1) is 10.1 Å². The maximum absolute atomic E-state index is 10.7. The molecule has 8 heteroatoms. The highest BCUT2D eigenvalue weighted by Crippen LogP contribution is 2.32. The lowest BCUT2D eigenvalue weighted by Crippen LogP contribution is -2.12. The minimum Gasteiger partial charge on any atom is -0.496 e. The van der Waals surface area contributed by atoms with Gasteiger partial charge in [0.2, 0.25) is 0 Å². The van der Waals surface area contributed by atoms with Crippen LogP contribution in [0.5, 0.6) is 5.75 Å². The molecule has 1 unspecified atom stereocenters. The lowest BCUT2D eigenvalue weighted by atomic mass is 10.0. The summed E-state index contributed by atoms with van der Waals surface area (Å²) in [5.74, 6) is -1.70. The van der Waals surface area contributed by atoms with Crippen LogP contribution in [-0.2, 0) is 4.79 Å². The largest absolute Gasteiger partial charge is 0.496 e. The van der Waals surface area contributed by atoms with E-state index in [1.807, 2.05) is 0 Å². The first-order valence-electron chi connectivity index (χ1n) is 4.64. The van der Waals surface area contributed by atoms with E-state index in [9.17, 15) is 24.8 Å². The highest BCUT2D eigenvalue weighted by atomic mass is 16.6. The van der Waals surface area contributed by atoms with Crippen molar-refractivity contribution in [3.8, 4) is 5.75 Å². The highest BCUT2D eigenvalue weighted by molar-refractivity contribution is 5.84. The van der Waals surface area contributed by atoms with Crippen LogP contribution in [0.15, 0.2) is 12.1 Å². The Kier molecular flexibility index (Phi) is 3.95. The third-order valence-electron chi connectivity index (χ3n) is 2.23. The van der Waals surface area contributed by atoms with Gasteiger partial charge in [-0.3, -0.25) is 14.9 Å². The molecule has 1 aromatic carbocycles. The van der Waals surface area contributed by atoms with E-state index >= 15 is 0 Å². The predicted octanol–water partition coefficient (Wildman–Crippen LogP) is 0.534. The average molecular weight is 255 g/mol. The number of nitro benzene ring substituents is 1. The number of rotatable bonds is 5. The van der Waals surface area contributed by atoms with Crippen molar-refractivity contribution in [2.75, 3.05) is 7.11 Å². The Hall–Kier alpha value is -2.48. The van der Waals surface area contributed by atoms with E-state index in [-0.39, 0.29) is 23.2 Å². The molecule has 0 amide bonds. The number of benzene rings is 1. The molecule has 1 aromatic rings. The zero-order valence-electron chi connectivity index (χ0n) is 9.19. The number of aliphatic hydroxyl groups excluding tert-OH is 1. The Bertz CT molecular complexity index is 511. The Morgan fingerprint density at radius 2 is 2.17 bits per heavy atom. The monoisotopic (exact) mass is 255 g/mol. The second kappa shape index (κ2) is 5.23. The van der Waals surface area contributed by atoms with Gasteiger partial charge in [-0.05, 0) is 6.07 Å². The SMILES string of the molecule is COc1cc(C=O)c([N+](=O)[O-])cc1C(O)C(=O)O. The topological polar surface area (TPSA) is 127 Å². The van der Waals surface area contributed by atoms with Crippen molar-refractivity contribution < 1.29 is 29.5 Å². The Labute approximate surface area is 101 Å². The van der Waals surface area contributed by atoms with Crippen LogP contribution in [-0.4, -0.2) is 34.5 Å². The normalized spacial score (nSPS) is 11.7. The van der Waals surface area contributed by atoms with Gasteiger partial charge in [0.15, 0.2) is 12.4 Å². The molecular formula is C10H9NO7. The second-order valence-corrected chi connectivity index (χ2v) is 3.27. The van der Waals surface area contributed by atoms with E-state index in [0.29, 0.717) is 0 Å². The van der Waals surface area contributed by atoms with Gasteiger partial charge in [-0.2, -0.15) is 0 Å². The standard InChI is InChI=1S/C10H9NO7/c1-18-8-2-5(4-12)7(11(16)17)3-6(8)9(13)10(14)15/h2-4,9,13H,1H3,(H,14,15). The fourth-order valence-corrected chi connectivity index (χ4v) is 1.38. The van der Waals surface area contributed by atoms with Crippen LogP contribution in [0.25, 0.3) is 0 Å². The van der Waals surface area contributed by atoms with Crippen molar-refractivity contribution in [3.05, 3.63) is 33.4 Å². The van der Waals surface area contributed by atoms with Gasteiger partial charge >= 0.3 is 5.97 Å². The molecule has 0 fully saturated rings. The van der Waals surface area contributed by atoms with Crippen molar-refractivity contribution in [2.24, 2.45) is 0 Å². The maximum atomic E-state index is 10.7. The smallest absolute Gasteiger partial charge is 0.337 e. The number of ether oxygens (including phenoxy) is 1. The molecule has 0 aromatic heterocycles. The summed E-state index contributed by atoms with van der Waals surface area (Å²) in [4.78, 5) is 31.2. The van der Waals surface area contributed by atoms with E-state index in [0.717, 1.165) is 12.1 Å². The zero-order chi connectivity index (χ0) is 13.9. The summed E-state index contributed by atoms with van der Waals surface area (Å²) < 4.78 is 4.79. The van der Waals surface area contributed by atoms with E-state index < -0.39 is 22.7 Å². The third-order valence-corrected chi connectivity index (χ3v) is 2.23. The number of hydrogen-bond donors (Lipinski definition) is 2. The lowest BCUT2D eigenvalue weighted by molar-refractivity contribution is -0.385. The summed E-state index contributed by atoms with van der Waals surface area (Å²) in [5, 5.41) is 28.8. The van der Waals surface area contributed by atoms with Crippen molar-refractivity contribution in [2.45, 2.75) is 6.10 Å². The molecule has 0 saturated heterocycles. The molecule has 0 aliphatic rings. The summed E-state index contributed by atoms with van der Waals surface area (Å²) in [5.41, 5.74) is -1.15. The number of aliphatic hydroxyl groups is 1. The summed E-state index contributed by atoms with van der Waals surface area (Å²) >= 11 is 0. The number of methoxy groups -OCH3 is 1. The quantitative estimate of drug-likeness (QED) is 0.446. The number of aliphatic carboxylic acids is 1. The van der Waals surface area contributed by atoms with Gasteiger partial charge in [0.05, 0.1) is 17.6 Å². The van der Waals surface area contributed by atoms with Crippen LogP contribution in [0.2, 0.25) is 0 Å². The van der Waals surface area contributed by atoms with Crippen LogP contribution < -0.4 is 4.74 Å². The van der Waals surface area contributed by atoms with Gasteiger partial charge in [0.1, 0.15) is 5.75 Å². The number of carbonyl (C=O) groups is 2. The van der Waals surface area contributed by atoms with E-state index in [2.05, 4.69) is 0 Å². The number of hydrogen-bond acceptors (Lipinski definition) is 6. The second-order valence-electron chi connectivity index (χ2n) is 3.27. The fraction of sp³-hybridized carbons (Fsp3) is 0.200. The molecule has 0 heterocycles. The Morgan fingerprint density at radius 3 is 2.56 bits per heavy atom. The van der Waals surface area contributed by atoms with Crippen LogP contribution >= 0.6 is 0 Å². The first kappa shape index (κ1) is 13.6. The number of nitrogens with zero attached hydrogens (tertiary/aromatic N) is 1. The molecule has 1 atom stereocenters. The molecule has 0 bridgehead atoms. The van der Waals surface area contributed by atoms with Gasteiger partial charge in [0, 0.05) is 11.6 Å². The molecule has 0 saturated carbocycles. The van der Waals surface area contributed by atoms with Gasteiger partial charge in [-0.1, -0.05) is 0 Å². The minimum atomic E-state index is -1.97. The first-order valence-corrected chi connectivity index (χ1v) is 4.64. The van der Waals surface area contributed by atoms with E-state index in [4.69, 9.17) is 9.84 Å². The summed E-state index contributed by atoms with van der Waals surface area (Å²) in [6, 6.07) is 1.81. The highest BCUT2D eigenvalue weighted by Gasteiger charge is 2.26. The van der Waals surface area contributed by atoms with E-state index in [1.165, 1.54) is 7.11 Å². The summed E-state index contributed by atoms with van der Waals surface area (Å²) in [6.07, 6.45) is -1.73. The summed E-state index contributed by atoms with van der Waals surface area (Å²) in [6.45, 7) is 0. The molecule has 2 N–H and O–H groups in total. The van der Waals surface area contributed by atoms with Crippen molar-refractivity contribution >= 4 is 17.9 Å². The van der Waals surface area contributed by atoms with Gasteiger partial charge in [-0.15, -0.1) is 0 Å². The van der Waals surface area contributed by atoms with Crippen molar-refractivity contribution in [3.63, 3.8) is 0 Å². The van der Waals surface area contributed by atoms with Gasteiger partial charge in [-0.25, -0.2) is 4.79 Å². The Balaban J connectivity index is 3.50.